The molecule has 0 aromatic carbocycles. The molecule has 1 saturated heterocycles. The van der Waals surface area contributed by atoms with Crippen LogP contribution in [0.2, 0.25) is 0 Å². The number of hydrogen-bond acceptors (Lipinski definition) is 5. The van der Waals surface area contributed by atoms with Crippen LogP contribution in [0.25, 0.3) is 0 Å². The van der Waals surface area contributed by atoms with Crippen LogP contribution in [0.4, 0.5) is 5.82 Å². The first-order chi connectivity index (χ1) is 8.63. The SMILES string of the molecule is CC1C(=O)NCCN1C(=O)c1ccnc(NN)c1. The van der Waals surface area contributed by atoms with Crippen LogP contribution in [-0.4, -0.2) is 40.8 Å². The van der Waals surface area contributed by atoms with E-state index in [1.165, 1.54) is 11.1 Å². The van der Waals surface area contributed by atoms with Gasteiger partial charge in [-0.05, 0) is 19.1 Å². The molecule has 0 radical (unpaired) electrons. The Morgan fingerprint density at radius 1 is 1.67 bits per heavy atom. The Morgan fingerprint density at radius 3 is 3.17 bits per heavy atom. The van der Waals surface area contributed by atoms with Gasteiger partial charge >= 0.3 is 0 Å². The van der Waals surface area contributed by atoms with Crippen molar-refractivity contribution in [3.05, 3.63) is 23.9 Å². The molecular formula is C11H15N5O2. The minimum Gasteiger partial charge on any atom is -0.353 e. The van der Waals surface area contributed by atoms with E-state index in [1.54, 1.807) is 19.1 Å². The van der Waals surface area contributed by atoms with Gasteiger partial charge in [-0.15, -0.1) is 0 Å². The molecule has 1 aliphatic heterocycles. The number of carbonyl (C=O) groups is 2. The van der Waals surface area contributed by atoms with Gasteiger partial charge in [0.15, 0.2) is 0 Å². The molecule has 0 aliphatic carbocycles. The van der Waals surface area contributed by atoms with E-state index in [4.69, 9.17) is 5.84 Å². The van der Waals surface area contributed by atoms with Gasteiger partial charge in [0.2, 0.25) is 5.91 Å². The van der Waals surface area contributed by atoms with Crippen LogP contribution in [0.5, 0.6) is 0 Å². The lowest BCUT2D eigenvalue weighted by atomic mass is 10.1. The maximum atomic E-state index is 12.3. The average molecular weight is 249 g/mol. The van der Waals surface area contributed by atoms with E-state index >= 15 is 0 Å². The molecule has 2 heterocycles. The van der Waals surface area contributed by atoms with Gasteiger partial charge in [-0.25, -0.2) is 10.8 Å². The lowest BCUT2D eigenvalue weighted by molar-refractivity contribution is -0.127. The molecule has 2 rings (SSSR count). The third kappa shape index (κ3) is 2.25. The number of carbonyl (C=O) groups excluding carboxylic acids is 2. The first kappa shape index (κ1) is 12.3. The number of pyridine rings is 1. The van der Waals surface area contributed by atoms with Crippen molar-refractivity contribution >= 4 is 17.6 Å². The number of anilines is 1. The zero-order valence-electron chi connectivity index (χ0n) is 10.0. The van der Waals surface area contributed by atoms with E-state index in [1.807, 2.05) is 0 Å². The molecule has 2 amide bonds. The number of nitrogens with zero attached hydrogens (tertiary/aromatic N) is 2. The van der Waals surface area contributed by atoms with E-state index < -0.39 is 6.04 Å². The van der Waals surface area contributed by atoms with E-state index in [0.717, 1.165) is 0 Å². The predicted molar refractivity (Wildman–Crippen MR) is 65.6 cm³/mol. The Kier molecular flexibility index (Phi) is 3.42. The number of nitrogen functional groups attached to an aromatic ring is 1. The second kappa shape index (κ2) is 5.01. The fraction of sp³-hybridized carbons (Fsp3) is 0.364. The third-order valence-corrected chi connectivity index (χ3v) is 2.91. The summed E-state index contributed by atoms with van der Waals surface area (Å²) in [6, 6.07) is 2.69. The molecule has 7 nitrogen and oxygen atoms in total. The Bertz CT molecular complexity index is 476. The minimum atomic E-state index is -0.464. The molecule has 1 aromatic rings. The molecule has 1 unspecified atom stereocenters. The molecule has 96 valence electrons. The number of aromatic nitrogens is 1. The molecule has 0 spiro atoms. The first-order valence-corrected chi connectivity index (χ1v) is 5.65. The van der Waals surface area contributed by atoms with Crippen molar-refractivity contribution in [2.24, 2.45) is 5.84 Å². The number of rotatable bonds is 2. The van der Waals surface area contributed by atoms with Crippen molar-refractivity contribution < 1.29 is 9.59 Å². The monoisotopic (exact) mass is 249 g/mol. The Morgan fingerprint density at radius 2 is 2.44 bits per heavy atom. The summed E-state index contributed by atoms with van der Waals surface area (Å²) in [5, 5.41) is 2.71. The molecular weight excluding hydrogens is 234 g/mol. The van der Waals surface area contributed by atoms with Gasteiger partial charge in [0, 0.05) is 24.8 Å². The van der Waals surface area contributed by atoms with Crippen LogP contribution in [0.1, 0.15) is 17.3 Å². The van der Waals surface area contributed by atoms with Crippen molar-refractivity contribution in [2.45, 2.75) is 13.0 Å². The zero-order chi connectivity index (χ0) is 13.1. The average Bonchev–Trinajstić information content (AvgIpc) is 2.41. The quantitative estimate of drug-likeness (QED) is 0.476. The first-order valence-electron chi connectivity index (χ1n) is 5.65. The number of nitrogens with one attached hydrogen (secondary N) is 2. The van der Waals surface area contributed by atoms with Crippen molar-refractivity contribution in [1.82, 2.24) is 15.2 Å². The number of nitrogens with two attached hydrogens (primary N) is 1. The molecule has 18 heavy (non-hydrogen) atoms. The normalized spacial score (nSPS) is 19.3. The lowest BCUT2D eigenvalue weighted by Gasteiger charge is -2.32. The maximum absolute atomic E-state index is 12.3. The molecule has 7 heteroatoms. The lowest BCUT2D eigenvalue weighted by Crippen LogP contribution is -2.55. The third-order valence-electron chi connectivity index (χ3n) is 2.91. The van der Waals surface area contributed by atoms with Gasteiger partial charge in [-0.3, -0.25) is 9.59 Å². The van der Waals surface area contributed by atoms with Gasteiger partial charge in [0.25, 0.3) is 5.91 Å². The summed E-state index contributed by atoms with van der Waals surface area (Å²) in [4.78, 5) is 29.3. The second-order valence-corrected chi connectivity index (χ2v) is 4.04. The van der Waals surface area contributed by atoms with E-state index in [-0.39, 0.29) is 11.8 Å². The summed E-state index contributed by atoms with van der Waals surface area (Å²) in [5.41, 5.74) is 2.84. The van der Waals surface area contributed by atoms with Gasteiger partial charge in [-0.1, -0.05) is 0 Å². The number of hydrazine groups is 1. The summed E-state index contributed by atoms with van der Waals surface area (Å²) in [6.07, 6.45) is 1.50. The highest BCUT2D eigenvalue weighted by molar-refractivity contribution is 5.98. The van der Waals surface area contributed by atoms with E-state index in [2.05, 4.69) is 15.7 Å². The highest BCUT2D eigenvalue weighted by atomic mass is 16.2. The van der Waals surface area contributed by atoms with Gasteiger partial charge < -0.3 is 15.6 Å². The largest absolute Gasteiger partial charge is 0.353 e. The standard InChI is InChI=1S/C11H15N5O2/c1-7-10(17)14-4-5-16(7)11(18)8-2-3-13-9(6-8)15-12/h2-3,6-7H,4-5,12H2,1H3,(H,13,15)(H,14,17). The number of piperazine rings is 1. The molecule has 0 saturated carbocycles. The number of hydrogen-bond donors (Lipinski definition) is 3. The van der Waals surface area contributed by atoms with Gasteiger partial charge in [0.05, 0.1) is 0 Å². The molecule has 1 aliphatic rings. The zero-order valence-corrected chi connectivity index (χ0v) is 10.0. The van der Waals surface area contributed by atoms with E-state index in [9.17, 15) is 9.59 Å². The van der Waals surface area contributed by atoms with Gasteiger partial charge in [-0.2, -0.15) is 0 Å². The highest BCUT2D eigenvalue weighted by Crippen LogP contribution is 2.12. The van der Waals surface area contributed by atoms with Crippen LogP contribution >= 0.6 is 0 Å². The van der Waals surface area contributed by atoms with Gasteiger partial charge in [0.1, 0.15) is 11.9 Å². The summed E-state index contributed by atoms with van der Waals surface area (Å²) >= 11 is 0. The van der Waals surface area contributed by atoms with Crippen molar-refractivity contribution in [1.29, 1.82) is 0 Å². The maximum Gasteiger partial charge on any atom is 0.254 e. The summed E-state index contributed by atoms with van der Waals surface area (Å²) in [6.45, 7) is 2.68. The smallest absolute Gasteiger partial charge is 0.254 e. The van der Waals surface area contributed by atoms with Crippen LogP contribution in [0.3, 0.4) is 0 Å². The van der Waals surface area contributed by atoms with Crippen molar-refractivity contribution in [3.63, 3.8) is 0 Å². The Hall–Kier alpha value is -2.15. The van der Waals surface area contributed by atoms with Crippen LogP contribution in [0.15, 0.2) is 18.3 Å². The molecule has 1 atom stereocenters. The summed E-state index contributed by atoms with van der Waals surface area (Å²) in [5.74, 6) is 5.32. The summed E-state index contributed by atoms with van der Waals surface area (Å²) < 4.78 is 0. The molecule has 0 bridgehead atoms. The fourth-order valence-electron chi connectivity index (χ4n) is 1.87. The fourth-order valence-corrected chi connectivity index (χ4v) is 1.87. The van der Waals surface area contributed by atoms with Crippen LogP contribution in [-0.2, 0) is 4.79 Å². The van der Waals surface area contributed by atoms with E-state index in [0.29, 0.717) is 24.5 Å². The summed E-state index contributed by atoms with van der Waals surface area (Å²) in [7, 11) is 0. The molecule has 1 aromatic heterocycles. The minimum absolute atomic E-state index is 0.138. The van der Waals surface area contributed by atoms with Crippen molar-refractivity contribution in [3.8, 4) is 0 Å². The Labute approximate surface area is 104 Å². The van der Waals surface area contributed by atoms with Crippen LogP contribution in [0, 0.1) is 0 Å². The molecule has 4 N–H and O–H groups in total. The number of amides is 2. The second-order valence-electron chi connectivity index (χ2n) is 4.04. The predicted octanol–water partition coefficient (Wildman–Crippen LogP) is -0.672. The van der Waals surface area contributed by atoms with Crippen molar-refractivity contribution in [2.75, 3.05) is 18.5 Å². The topological polar surface area (TPSA) is 100 Å². The van der Waals surface area contributed by atoms with Crippen LogP contribution < -0.4 is 16.6 Å². The molecule has 1 fully saturated rings. The highest BCUT2D eigenvalue weighted by Gasteiger charge is 2.29. The Balaban J connectivity index is 2.22.